The number of quaternary nitrogens is 1. The van der Waals surface area contributed by atoms with Crippen LogP contribution in [0.3, 0.4) is 0 Å². The number of nitrogens with zero attached hydrogens (tertiary/aromatic N) is 1. The molecule has 0 aliphatic rings. The van der Waals surface area contributed by atoms with Crippen LogP contribution in [0.5, 0.6) is 0 Å². The van der Waals surface area contributed by atoms with Crippen LogP contribution in [0.1, 0.15) is 502 Å². The van der Waals surface area contributed by atoms with Gasteiger partial charge in [0.1, 0.15) is 19.8 Å². The van der Waals surface area contributed by atoms with E-state index in [1.165, 1.54) is 430 Å². The van der Waals surface area contributed by atoms with Gasteiger partial charge in [-0.25, -0.2) is 0 Å². The molecular weight excluding hydrogens is 1280 g/mol. The fourth-order valence-electron chi connectivity index (χ4n) is 14.5. The molecule has 0 bridgehead atoms. The maximum Gasteiger partial charge on any atom is 0.306 e. The zero-order valence-electron chi connectivity index (χ0n) is 69.6. The molecule has 0 aromatic carbocycles. The average molecular weight is 1460 g/mol. The van der Waals surface area contributed by atoms with E-state index in [0.29, 0.717) is 17.4 Å². The molecule has 10 heteroatoms. The summed E-state index contributed by atoms with van der Waals surface area (Å²) in [6.45, 7) is 4.33. The molecule has 0 aromatic rings. The van der Waals surface area contributed by atoms with E-state index in [9.17, 15) is 19.0 Å². The van der Waals surface area contributed by atoms with Gasteiger partial charge in [-0.3, -0.25) is 14.2 Å². The van der Waals surface area contributed by atoms with E-state index in [0.717, 1.165) is 38.5 Å². The number of unbranched alkanes of at least 4 members (excludes halogenated alkanes) is 70. The van der Waals surface area contributed by atoms with E-state index in [-0.39, 0.29) is 32.0 Å². The zero-order valence-corrected chi connectivity index (χ0v) is 70.5. The first-order valence-corrected chi connectivity index (χ1v) is 47.5. The number of carbonyl (C=O) groups excluding carboxylic acids is 2. The Labute approximate surface area is 638 Å². The van der Waals surface area contributed by atoms with Gasteiger partial charge in [0.25, 0.3) is 7.82 Å². The Bertz CT molecular complexity index is 1770. The van der Waals surface area contributed by atoms with Gasteiger partial charge < -0.3 is 27.9 Å². The SMILES string of the molecule is CCCCCCC/C=C\C/C=C\CCCCCCCCCCCCCCCCCCCCCCCCCCCC(=O)OC(COC(=O)CCCCCCCCCCCCCCCCCCCCCCCCCCCCCCCCCCCCCCCCCCC)COP(=O)([O-])OCC[N+](C)(C)C. The van der Waals surface area contributed by atoms with Crippen molar-refractivity contribution in [2.45, 2.75) is 508 Å². The van der Waals surface area contributed by atoms with Crippen molar-refractivity contribution in [3.8, 4) is 0 Å². The quantitative estimate of drug-likeness (QED) is 0.0195. The van der Waals surface area contributed by atoms with Crippen LogP contribution in [0.25, 0.3) is 0 Å². The molecule has 0 spiro atoms. The third-order valence-corrected chi connectivity index (χ3v) is 22.4. The maximum atomic E-state index is 12.9. The Morgan fingerprint density at radius 3 is 0.775 bits per heavy atom. The Balaban J connectivity index is 3.81. The molecule has 2 atom stereocenters. The van der Waals surface area contributed by atoms with Gasteiger partial charge in [-0.2, -0.15) is 0 Å². The number of hydrogen-bond donors (Lipinski definition) is 0. The van der Waals surface area contributed by atoms with E-state index in [1.54, 1.807) is 0 Å². The second-order valence-electron chi connectivity index (χ2n) is 33.0. The van der Waals surface area contributed by atoms with Gasteiger partial charge in [0.05, 0.1) is 27.7 Å². The summed E-state index contributed by atoms with van der Waals surface area (Å²) in [5.74, 6) is -0.801. The van der Waals surface area contributed by atoms with Crippen LogP contribution < -0.4 is 4.89 Å². The summed E-state index contributed by atoms with van der Waals surface area (Å²) in [6.07, 6.45) is 109. The third-order valence-electron chi connectivity index (χ3n) is 21.5. The van der Waals surface area contributed by atoms with Gasteiger partial charge in [0, 0.05) is 12.8 Å². The number of rotatable bonds is 88. The first kappa shape index (κ1) is 100. The standard InChI is InChI=1S/C92H180NO8P/c1-6-8-10-12-14-16-18-20-22-24-26-28-30-32-34-36-38-40-42-44-45-46-47-49-50-52-54-56-58-60-62-64-66-68-70-72-74-76-78-80-82-84-91(94)98-88-90(89-100-102(96,97)99-87-86-93(3,4)5)101-92(95)85-83-81-79-77-75-73-71-69-67-65-63-61-59-57-55-53-51-48-43-41-39-37-35-33-31-29-27-25-23-21-19-17-15-13-11-9-7-2/h19,21,25,27,90H,6-18,20,22-24,26,28-89H2,1-5H3/b21-19-,27-25-. The van der Waals surface area contributed by atoms with Crippen LogP contribution in [-0.2, 0) is 32.7 Å². The summed E-state index contributed by atoms with van der Waals surface area (Å²) < 4.78 is 34.5. The molecule has 0 aliphatic carbocycles. The van der Waals surface area contributed by atoms with Crippen molar-refractivity contribution in [2.75, 3.05) is 47.5 Å². The van der Waals surface area contributed by atoms with Crippen molar-refractivity contribution in [3.63, 3.8) is 0 Å². The van der Waals surface area contributed by atoms with Crippen LogP contribution in [0.4, 0.5) is 0 Å². The Morgan fingerprint density at radius 2 is 0.529 bits per heavy atom. The molecule has 9 nitrogen and oxygen atoms in total. The predicted octanol–water partition coefficient (Wildman–Crippen LogP) is 30.4. The van der Waals surface area contributed by atoms with Gasteiger partial charge >= 0.3 is 11.9 Å². The van der Waals surface area contributed by atoms with Gasteiger partial charge in [-0.05, 0) is 44.9 Å². The number of esters is 2. The molecule has 0 amide bonds. The first-order valence-electron chi connectivity index (χ1n) is 46.0. The van der Waals surface area contributed by atoms with Crippen molar-refractivity contribution in [1.82, 2.24) is 0 Å². The minimum atomic E-state index is -4.64. The number of allylic oxidation sites excluding steroid dienone is 4. The first-order chi connectivity index (χ1) is 50.0. The lowest BCUT2D eigenvalue weighted by atomic mass is 10.0. The Kier molecular flexibility index (Phi) is 82.3. The number of phosphoric acid groups is 1. The van der Waals surface area contributed by atoms with Crippen molar-refractivity contribution < 1.29 is 42.1 Å². The topological polar surface area (TPSA) is 111 Å². The normalized spacial score (nSPS) is 13.0. The lowest BCUT2D eigenvalue weighted by Gasteiger charge is -2.28. The van der Waals surface area contributed by atoms with Gasteiger partial charge in [-0.15, -0.1) is 0 Å². The molecule has 0 rings (SSSR count). The summed E-state index contributed by atoms with van der Waals surface area (Å²) in [7, 11) is 1.20. The van der Waals surface area contributed by atoms with Crippen molar-refractivity contribution in [3.05, 3.63) is 24.3 Å². The molecule has 0 N–H and O–H groups in total. The monoisotopic (exact) mass is 1460 g/mol. The Morgan fingerprint density at radius 1 is 0.304 bits per heavy atom. The number of likely N-dealkylation sites (N-methyl/N-ethyl adjacent to an activating group) is 1. The smallest absolute Gasteiger partial charge is 0.306 e. The highest BCUT2D eigenvalue weighted by Gasteiger charge is 2.22. The number of hydrogen-bond acceptors (Lipinski definition) is 8. The summed E-state index contributed by atoms with van der Waals surface area (Å²) in [4.78, 5) is 38.3. The summed E-state index contributed by atoms with van der Waals surface area (Å²) >= 11 is 0. The summed E-state index contributed by atoms with van der Waals surface area (Å²) in [5, 5.41) is 0. The molecule has 2 unspecified atom stereocenters. The van der Waals surface area contributed by atoms with E-state index in [1.807, 2.05) is 21.1 Å². The van der Waals surface area contributed by atoms with Gasteiger partial charge in [0.2, 0.25) is 0 Å². The Hall–Kier alpha value is -1.51. The molecule has 102 heavy (non-hydrogen) atoms. The highest BCUT2D eigenvalue weighted by Crippen LogP contribution is 2.38. The molecule has 0 aliphatic heterocycles. The minimum Gasteiger partial charge on any atom is -0.756 e. The van der Waals surface area contributed by atoms with Gasteiger partial charge in [-0.1, -0.05) is 468 Å². The zero-order chi connectivity index (χ0) is 74.0. The van der Waals surface area contributed by atoms with Crippen LogP contribution in [0.15, 0.2) is 24.3 Å². The second-order valence-corrected chi connectivity index (χ2v) is 34.4. The fraction of sp³-hybridized carbons (Fsp3) is 0.935. The van der Waals surface area contributed by atoms with Crippen molar-refractivity contribution in [1.29, 1.82) is 0 Å². The van der Waals surface area contributed by atoms with E-state index >= 15 is 0 Å². The van der Waals surface area contributed by atoms with Crippen LogP contribution in [0.2, 0.25) is 0 Å². The lowest BCUT2D eigenvalue weighted by Crippen LogP contribution is -2.37. The number of ether oxygens (including phenoxy) is 2. The van der Waals surface area contributed by atoms with Crippen molar-refractivity contribution >= 4 is 19.8 Å². The van der Waals surface area contributed by atoms with E-state index in [4.69, 9.17) is 18.5 Å². The lowest BCUT2D eigenvalue weighted by molar-refractivity contribution is -0.870. The van der Waals surface area contributed by atoms with Gasteiger partial charge in [0.15, 0.2) is 6.10 Å². The predicted molar refractivity (Wildman–Crippen MR) is 444 cm³/mol. The number of phosphoric ester groups is 1. The molecule has 0 heterocycles. The van der Waals surface area contributed by atoms with E-state index in [2.05, 4.69) is 38.2 Å². The fourth-order valence-corrected chi connectivity index (χ4v) is 15.2. The molecule has 0 fully saturated rings. The second kappa shape index (κ2) is 83.5. The molecule has 0 aromatic heterocycles. The minimum absolute atomic E-state index is 0.0259. The molecular formula is C92H180NO8P. The average Bonchev–Trinajstić information content (AvgIpc) is 0.913. The molecule has 606 valence electrons. The molecule has 0 saturated carbocycles. The highest BCUT2D eigenvalue weighted by atomic mass is 31.2. The maximum absolute atomic E-state index is 12.9. The van der Waals surface area contributed by atoms with Crippen LogP contribution >= 0.6 is 7.82 Å². The van der Waals surface area contributed by atoms with Crippen LogP contribution in [0, 0.1) is 0 Å². The number of carbonyl (C=O) groups is 2. The summed E-state index contributed by atoms with van der Waals surface area (Å²) in [6, 6.07) is 0. The van der Waals surface area contributed by atoms with E-state index < -0.39 is 26.5 Å². The van der Waals surface area contributed by atoms with Crippen LogP contribution in [-0.4, -0.2) is 70.0 Å². The largest absolute Gasteiger partial charge is 0.756 e. The molecule has 0 saturated heterocycles. The third kappa shape index (κ3) is 87.4. The van der Waals surface area contributed by atoms with Crippen molar-refractivity contribution in [2.24, 2.45) is 0 Å². The summed E-state index contributed by atoms with van der Waals surface area (Å²) in [5.41, 5.74) is 0. The molecule has 0 radical (unpaired) electrons. The highest BCUT2D eigenvalue weighted by molar-refractivity contribution is 7.45.